The van der Waals surface area contributed by atoms with Crippen molar-refractivity contribution in [1.82, 2.24) is 4.72 Å². The molecule has 16 heavy (non-hydrogen) atoms. The van der Waals surface area contributed by atoms with Gasteiger partial charge in [0.15, 0.2) is 0 Å². The molecule has 1 atom stereocenters. The van der Waals surface area contributed by atoms with Gasteiger partial charge in [-0.1, -0.05) is 13.8 Å². The second-order valence-electron chi connectivity index (χ2n) is 3.97. The second-order valence-corrected chi connectivity index (χ2v) is 5.76. The SMILES string of the molecule is COCCC(NS(=O)(=O)CC(C)C)C(=O)O. The molecule has 0 aliphatic carbocycles. The van der Waals surface area contributed by atoms with Gasteiger partial charge in [-0.2, -0.15) is 0 Å². The summed E-state index contributed by atoms with van der Waals surface area (Å²) in [5.41, 5.74) is 0. The van der Waals surface area contributed by atoms with Crippen LogP contribution in [0.4, 0.5) is 0 Å². The van der Waals surface area contributed by atoms with Crippen molar-refractivity contribution in [2.45, 2.75) is 26.3 Å². The zero-order valence-corrected chi connectivity index (χ0v) is 10.6. The Labute approximate surface area is 96.0 Å². The minimum absolute atomic E-state index is 0.0469. The van der Waals surface area contributed by atoms with Crippen molar-refractivity contribution in [2.75, 3.05) is 19.5 Å². The van der Waals surface area contributed by atoms with Crippen molar-refractivity contribution in [1.29, 1.82) is 0 Å². The first-order valence-electron chi connectivity index (χ1n) is 5.00. The van der Waals surface area contributed by atoms with Gasteiger partial charge < -0.3 is 9.84 Å². The third-order valence-electron chi connectivity index (χ3n) is 1.78. The predicted octanol–water partition coefficient (Wildman–Crippen LogP) is 0.0515. The highest BCUT2D eigenvalue weighted by Crippen LogP contribution is 2.01. The first kappa shape index (κ1) is 15.3. The molecule has 0 aromatic rings. The van der Waals surface area contributed by atoms with Crippen LogP contribution in [-0.4, -0.2) is 45.0 Å². The lowest BCUT2D eigenvalue weighted by molar-refractivity contribution is -0.139. The number of carboxylic acid groups (broad SMARTS) is 1. The molecule has 2 N–H and O–H groups in total. The molecule has 0 saturated heterocycles. The van der Waals surface area contributed by atoms with Crippen molar-refractivity contribution in [3.05, 3.63) is 0 Å². The number of methoxy groups -OCH3 is 1. The number of carbonyl (C=O) groups is 1. The molecule has 0 aromatic carbocycles. The molecule has 0 saturated carbocycles. The van der Waals surface area contributed by atoms with Crippen LogP contribution < -0.4 is 4.72 Å². The van der Waals surface area contributed by atoms with Crippen molar-refractivity contribution in [3.8, 4) is 0 Å². The Hall–Kier alpha value is -0.660. The summed E-state index contributed by atoms with van der Waals surface area (Å²) in [4.78, 5) is 10.8. The second kappa shape index (κ2) is 6.82. The highest BCUT2D eigenvalue weighted by molar-refractivity contribution is 7.89. The van der Waals surface area contributed by atoms with Crippen molar-refractivity contribution >= 4 is 16.0 Å². The fourth-order valence-electron chi connectivity index (χ4n) is 1.17. The van der Waals surface area contributed by atoms with E-state index in [0.717, 1.165) is 0 Å². The molecule has 6 nitrogen and oxygen atoms in total. The summed E-state index contributed by atoms with van der Waals surface area (Å²) in [5, 5.41) is 8.81. The van der Waals surface area contributed by atoms with E-state index in [4.69, 9.17) is 9.84 Å². The van der Waals surface area contributed by atoms with Gasteiger partial charge in [-0.15, -0.1) is 0 Å². The average molecular weight is 253 g/mol. The maximum atomic E-state index is 11.5. The lowest BCUT2D eigenvalue weighted by atomic mass is 10.2. The number of aliphatic carboxylic acids is 1. The molecule has 0 aliphatic heterocycles. The summed E-state index contributed by atoms with van der Waals surface area (Å²) in [6, 6.07) is -1.12. The molecule has 0 bridgehead atoms. The fourth-order valence-corrected chi connectivity index (χ4v) is 2.80. The molecule has 0 spiro atoms. The Bertz CT molecular complexity index is 312. The van der Waals surface area contributed by atoms with E-state index in [9.17, 15) is 13.2 Å². The van der Waals surface area contributed by atoms with E-state index in [0.29, 0.717) is 0 Å². The van der Waals surface area contributed by atoms with Crippen LogP contribution in [0.2, 0.25) is 0 Å². The fraction of sp³-hybridized carbons (Fsp3) is 0.889. The van der Waals surface area contributed by atoms with E-state index in [1.165, 1.54) is 7.11 Å². The molecule has 96 valence electrons. The van der Waals surface area contributed by atoms with Crippen LogP contribution in [0.15, 0.2) is 0 Å². The van der Waals surface area contributed by atoms with Crippen LogP contribution in [-0.2, 0) is 19.6 Å². The first-order valence-corrected chi connectivity index (χ1v) is 6.65. The van der Waals surface area contributed by atoms with Crippen LogP contribution in [0.3, 0.4) is 0 Å². The van der Waals surface area contributed by atoms with E-state index < -0.39 is 22.0 Å². The maximum absolute atomic E-state index is 11.5. The average Bonchev–Trinajstić information content (AvgIpc) is 2.09. The van der Waals surface area contributed by atoms with E-state index in [2.05, 4.69) is 4.72 Å². The summed E-state index contributed by atoms with van der Waals surface area (Å²) in [6.07, 6.45) is 0.114. The van der Waals surface area contributed by atoms with Gasteiger partial charge in [0.25, 0.3) is 0 Å². The van der Waals surface area contributed by atoms with Crippen molar-refractivity contribution in [2.24, 2.45) is 5.92 Å². The highest BCUT2D eigenvalue weighted by Gasteiger charge is 2.24. The lowest BCUT2D eigenvalue weighted by Crippen LogP contribution is -2.43. The van der Waals surface area contributed by atoms with Gasteiger partial charge in [0.1, 0.15) is 6.04 Å². The van der Waals surface area contributed by atoms with Crippen LogP contribution in [0, 0.1) is 5.92 Å². The molecule has 0 aromatic heterocycles. The summed E-state index contributed by atoms with van der Waals surface area (Å²) in [6.45, 7) is 3.70. The summed E-state index contributed by atoms with van der Waals surface area (Å²) >= 11 is 0. The zero-order chi connectivity index (χ0) is 12.8. The third-order valence-corrected chi connectivity index (χ3v) is 3.53. The van der Waals surface area contributed by atoms with Gasteiger partial charge in [0.2, 0.25) is 10.0 Å². The predicted molar refractivity (Wildman–Crippen MR) is 59.7 cm³/mol. The number of carboxylic acids is 1. The topological polar surface area (TPSA) is 92.7 Å². The highest BCUT2D eigenvalue weighted by atomic mass is 32.2. The Morgan fingerprint density at radius 3 is 2.38 bits per heavy atom. The molecule has 0 heterocycles. The number of hydrogen-bond acceptors (Lipinski definition) is 4. The molecule has 0 radical (unpaired) electrons. The minimum atomic E-state index is -3.54. The molecular weight excluding hydrogens is 234 g/mol. The molecular formula is C9H19NO5S. The van der Waals surface area contributed by atoms with E-state index in [1.54, 1.807) is 13.8 Å². The molecule has 7 heteroatoms. The molecule has 1 unspecified atom stereocenters. The molecule has 0 amide bonds. The Kier molecular flexibility index (Phi) is 6.54. The van der Waals surface area contributed by atoms with E-state index in [-0.39, 0.29) is 24.7 Å². The Morgan fingerprint density at radius 1 is 1.44 bits per heavy atom. The van der Waals surface area contributed by atoms with Gasteiger partial charge >= 0.3 is 5.97 Å². The number of rotatable bonds is 8. The minimum Gasteiger partial charge on any atom is -0.480 e. The number of ether oxygens (including phenoxy) is 1. The maximum Gasteiger partial charge on any atom is 0.321 e. The van der Waals surface area contributed by atoms with Gasteiger partial charge in [-0.3, -0.25) is 4.79 Å². The quantitative estimate of drug-likeness (QED) is 0.637. The Morgan fingerprint density at radius 2 is 2.00 bits per heavy atom. The van der Waals surface area contributed by atoms with Gasteiger partial charge in [0, 0.05) is 13.7 Å². The molecule has 0 rings (SSSR count). The van der Waals surface area contributed by atoms with Crippen molar-refractivity contribution < 1.29 is 23.1 Å². The summed E-state index contributed by atoms with van der Waals surface area (Å²) in [7, 11) is -2.11. The standard InChI is InChI=1S/C9H19NO5S/c1-7(2)6-16(13,14)10-8(9(11)12)4-5-15-3/h7-8,10H,4-6H2,1-3H3,(H,11,12). The summed E-state index contributed by atoms with van der Waals surface area (Å²) in [5.74, 6) is -1.32. The lowest BCUT2D eigenvalue weighted by Gasteiger charge is -2.15. The molecule has 0 fully saturated rings. The first-order chi connectivity index (χ1) is 7.28. The Balaban J connectivity index is 4.44. The molecule has 0 aliphatic rings. The van der Waals surface area contributed by atoms with Crippen LogP contribution in [0.1, 0.15) is 20.3 Å². The number of nitrogens with one attached hydrogen (secondary N) is 1. The zero-order valence-electron chi connectivity index (χ0n) is 9.76. The third kappa shape index (κ3) is 6.76. The number of hydrogen-bond donors (Lipinski definition) is 2. The normalized spacial score (nSPS) is 14.0. The van der Waals surface area contributed by atoms with E-state index >= 15 is 0 Å². The van der Waals surface area contributed by atoms with Crippen LogP contribution >= 0.6 is 0 Å². The van der Waals surface area contributed by atoms with Gasteiger partial charge in [-0.25, -0.2) is 13.1 Å². The van der Waals surface area contributed by atoms with Gasteiger partial charge in [0.05, 0.1) is 5.75 Å². The largest absolute Gasteiger partial charge is 0.480 e. The van der Waals surface area contributed by atoms with E-state index in [1.807, 2.05) is 0 Å². The van der Waals surface area contributed by atoms with Crippen LogP contribution in [0.5, 0.6) is 0 Å². The number of sulfonamides is 1. The smallest absolute Gasteiger partial charge is 0.321 e. The van der Waals surface area contributed by atoms with Crippen LogP contribution in [0.25, 0.3) is 0 Å². The monoisotopic (exact) mass is 253 g/mol. The van der Waals surface area contributed by atoms with Gasteiger partial charge in [-0.05, 0) is 12.3 Å². The summed E-state index contributed by atoms with van der Waals surface area (Å²) < 4.78 is 29.9. The van der Waals surface area contributed by atoms with Crippen molar-refractivity contribution in [3.63, 3.8) is 0 Å².